The molecular formula is C23H32O6. The number of hydrogen-bond acceptors (Lipinski definition) is 6. The van der Waals surface area contributed by atoms with Crippen molar-refractivity contribution in [1.29, 1.82) is 0 Å². The van der Waals surface area contributed by atoms with Crippen LogP contribution in [-0.4, -0.2) is 34.7 Å². The van der Waals surface area contributed by atoms with Crippen molar-refractivity contribution in [2.45, 2.75) is 84.5 Å². The highest BCUT2D eigenvalue weighted by molar-refractivity contribution is 5.94. The van der Waals surface area contributed by atoms with Crippen LogP contribution in [0.4, 0.5) is 0 Å². The van der Waals surface area contributed by atoms with Gasteiger partial charge in [-0.2, -0.15) is 0 Å². The number of ether oxygens (including phenoxy) is 2. The highest BCUT2D eigenvalue weighted by Gasteiger charge is 2.62. The van der Waals surface area contributed by atoms with Crippen LogP contribution in [0.3, 0.4) is 0 Å². The third kappa shape index (κ3) is 3.15. The van der Waals surface area contributed by atoms with E-state index in [1.165, 1.54) is 13.8 Å². The Labute approximate surface area is 172 Å². The first-order valence-corrected chi connectivity index (χ1v) is 10.8. The first kappa shape index (κ1) is 20.6. The molecule has 0 heterocycles. The minimum atomic E-state index is -1.51. The molecule has 1 N–H and O–H groups in total. The summed E-state index contributed by atoms with van der Waals surface area (Å²) in [7, 11) is 0. The van der Waals surface area contributed by atoms with E-state index in [0.717, 1.165) is 31.3 Å². The summed E-state index contributed by atoms with van der Waals surface area (Å²) in [4.78, 5) is 36.3. The van der Waals surface area contributed by atoms with Gasteiger partial charge in [0.2, 0.25) is 5.79 Å². The molecule has 6 heteroatoms. The number of allylic oxidation sites excluding steroid dienone is 1. The number of esters is 2. The zero-order valence-electron chi connectivity index (χ0n) is 17.8. The van der Waals surface area contributed by atoms with Crippen molar-refractivity contribution in [1.82, 2.24) is 0 Å². The van der Waals surface area contributed by atoms with E-state index in [1.54, 1.807) is 6.08 Å². The molecule has 0 spiro atoms. The summed E-state index contributed by atoms with van der Waals surface area (Å²) >= 11 is 0. The van der Waals surface area contributed by atoms with E-state index in [2.05, 4.69) is 13.8 Å². The van der Waals surface area contributed by atoms with Crippen LogP contribution in [-0.2, 0) is 23.9 Å². The van der Waals surface area contributed by atoms with Gasteiger partial charge in [0.1, 0.15) is 6.10 Å². The Morgan fingerprint density at radius 2 is 1.76 bits per heavy atom. The highest BCUT2D eigenvalue weighted by atomic mass is 16.7. The Bertz CT molecular complexity index is 786. The molecule has 160 valence electrons. The number of carbonyl (C=O) groups excluding carboxylic acids is 3. The van der Waals surface area contributed by atoms with Gasteiger partial charge in [0, 0.05) is 38.0 Å². The van der Waals surface area contributed by atoms with Crippen LogP contribution in [0.2, 0.25) is 0 Å². The summed E-state index contributed by atoms with van der Waals surface area (Å²) in [6.45, 7) is 7.14. The van der Waals surface area contributed by atoms with Crippen molar-refractivity contribution in [2.24, 2.45) is 28.6 Å². The molecule has 4 aliphatic rings. The van der Waals surface area contributed by atoms with E-state index in [4.69, 9.17) is 9.47 Å². The second-order valence-corrected chi connectivity index (χ2v) is 10.2. The number of hydrogen-bond donors (Lipinski definition) is 1. The van der Waals surface area contributed by atoms with Crippen LogP contribution < -0.4 is 0 Å². The van der Waals surface area contributed by atoms with Gasteiger partial charge in [-0.3, -0.25) is 14.4 Å². The van der Waals surface area contributed by atoms with Gasteiger partial charge in [-0.25, -0.2) is 0 Å². The Balaban J connectivity index is 1.64. The Morgan fingerprint density at radius 1 is 1.03 bits per heavy atom. The van der Waals surface area contributed by atoms with Crippen molar-refractivity contribution < 1.29 is 29.0 Å². The predicted molar refractivity (Wildman–Crippen MR) is 104 cm³/mol. The minimum absolute atomic E-state index is 0.0667. The lowest BCUT2D eigenvalue weighted by atomic mass is 9.47. The van der Waals surface area contributed by atoms with E-state index < -0.39 is 11.8 Å². The van der Waals surface area contributed by atoms with Gasteiger partial charge in [-0.05, 0) is 55.4 Å². The Kier molecular flexibility index (Phi) is 4.72. The van der Waals surface area contributed by atoms with Crippen molar-refractivity contribution in [3.63, 3.8) is 0 Å². The monoisotopic (exact) mass is 404 g/mol. The van der Waals surface area contributed by atoms with Crippen LogP contribution in [0.5, 0.6) is 0 Å². The second kappa shape index (κ2) is 6.66. The molecule has 29 heavy (non-hydrogen) atoms. The third-order valence-corrected chi connectivity index (χ3v) is 8.52. The smallest absolute Gasteiger partial charge is 0.305 e. The van der Waals surface area contributed by atoms with Gasteiger partial charge in [-0.15, -0.1) is 0 Å². The molecule has 0 bridgehead atoms. The summed E-state index contributed by atoms with van der Waals surface area (Å²) < 4.78 is 10.8. The standard InChI is InChI=1S/C23H32O6/c1-13(24)28-19-6-5-16-20-17(7-8-22(16,19)4)21(3)9-10-23(27,29-14(2)25)12-15(21)11-18(20)26/h11,16-17,19-20,27H,5-10,12H2,1-4H3/t16-,17-,19-,20-,21-,22-,23-/m0/s1. The maximum absolute atomic E-state index is 13.3. The SMILES string of the molecule is CC(=O)O[C@H]1CC[C@H]2[C@@H]3C(=O)C=C4C[C@@](O)(OC(C)=O)CC[C@]4(C)[C@H]3CC[C@]12C. The maximum atomic E-state index is 13.3. The van der Waals surface area contributed by atoms with Crippen molar-refractivity contribution in [2.75, 3.05) is 0 Å². The molecular weight excluding hydrogens is 372 g/mol. The molecule has 0 unspecified atom stereocenters. The largest absolute Gasteiger partial charge is 0.462 e. The fourth-order valence-electron chi connectivity index (χ4n) is 7.06. The van der Waals surface area contributed by atoms with Crippen LogP contribution in [0.25, 0.3) is 0 Å². The summed E-state index contributed by atoms with van der Waals surface area (Å²) in [5, 5.41) is 10.7. The van der Waals surface area contributed by atoms with Gasteiger partial charge >= 0.3 is 11.9 Å². The quantitative estimate of drug-likeness (QED) is 0.561. The summed E-state index contributed by atoms with van der Waals surface area (Å²) in [5.74, 6) is -1.79. The number of fused-ring (bicyclic) bond motifs is 5. The average molecular weight is 405 g/mol. The summed E-state index contributed by atoms with van der Waals surface area (Å²) in [6, 6.07) is 0. The van der Waals surface area contributed by atoms with Crippen molar-refractivity contribution >= 4 is 17.7 Å². The number of aliphatic hydroxyl groups is 1. The van der Waals surface area contributed by atoms with Crippen LogP contribution in [0.15, 0.2) is 11.6 Å². The fourth-order valence-corrected chi connectivity index (χ4v) is 7.06. The third-order valence-electron chi connectivity index (χ3n) is 8.52. The lowest BCUT2D eigenvalue weighted by Crippen LogP contribution is -2.56. The van der Waals surface area contributed by atoms with E-state index in [1.807, 2.05) is 0 Å². The van der Waals surface area contributed by atoms with Crippen molar-refractivity contribution in [3.05, 3.63) is 11.6 Å². The summed E-state index contributed by atoms with van der Waals surface area (Å²) in [5.41, 5.74) is 0.584. The minimum Gasteiger partial charge on any atom is -0.462 e. The number of carbonyl (C=O) groups is 3. The van der Waals surface area contributed by atoms with Gasteiger partial charge in [0.25, 0.3) is 0 Å². The average Bonchev–Trinajstić information content (AvgIpc) is 2.92. The van der Waals surface area contributed by atoms with E-state index >= 15 is 0 Å². The highest BCUT2D eigenvalue weighted by Crippen LogP contribution is 2.65. The number of ketones is 1. The maximum Gasteiger partial charge on any atom is 0.305 e. The second-order valence-electron chi connectivity index (χ2n) is 10.2. The molecule has 0 saturated heterocycles. The molecule has 7 atom stereocenters. The lowest BCUT2D eigenvalue weighted by Gasteiger charge is -2.57. The normalized spacial score (nSPS) is 46.1. The van der Waals surface area contributed by atoms with E-state index in [-0.39, 0.29) is 52.9 Å². The molecule has 3 saturated carbocycles. The van der Waals surface area contributed by atoms with Gasteiger partial charge < -0.3 is 14.6 Å². The lowest BCUT2D eigenvalue weighted by molar-refractivity contribution is -0.221. The zero-order valence-corrected chi connectivity index (χ0v) is 17.8. The van der Waals surface area contributed by atoms with Gasteiger partial charge in [0.15, 0.2) is 5.78 Å². The first-order chi connectivity index (χ1) is 13.5. The van der Waals surface area contributed by atoms with Gasteiger partial charge in [0.05, 0.1) is 0 Å². The molecule has 0 aromatic rings. The van der Waals surface area contributed by atoms with E-state index in [9.17, 15) is 19.5 Å². The van der Waals surface area contributed by atoms with Crippen LogP contribution in [0.1, 0.15) is 72.6 Å². The molecule has 0 radical (unpaired) electrons. The zero-order chi connectivity index (χ0) is 21.2. The van der Waals surface area contributed by atoms with Crippen LogP contribution >= 0.6 is 0 Å². The molecule has 0 amide bonds. The molecule has 0 aromatic carbocycles. The molecule has 0 aliphatic heterocycles. The first-order valence-electron chi connectivity index (χ1n) is 10.8. The van der Waals surface area contributed by atoms with Crippen molar-refractivity contribution in [3.8, 4) is 0 Å². The number of rotatable bonds is 2. The molecule has 6 nitrogen and oxygen atoms in total. The molecule has 3 fully saturated rings. The Morgan fingerprint density at radius 3 is 2.41 bits per heavy atom. The van der Waals surface area contributed by atoms with E-state index in [0.29, 0.717) is 12.8 Å². The summed E-state index contributed by atoms with van der Waals surface area (Å²) in [6.07, 6.45) is 6.44. The Hall–Kier alpha value is -1.69. The predicted octanol–water partition coefficient (Wildman–Crippen LogP) is 3.31. The fraction of sp³-hybridized carbons (Fsp3) is 0.783. The van der Waals surface area contributed by atoms with Gasteiger partial charge in [-0.1, -0.05) is 19.4 Å². The molecule has 4 rings (SSSR count). The molecule has 4 aliphatic carbocycles. The molecule has 0 aromatic heterocycles. The van der Waals surface area contributed by atoms with Crippen LogP contribution in [0, 0.1) is 28.6 Å². The topological polar surface area (TPSA) is 89.9 Å².